The van der Waals surface area contributed by atoms with Crippen molar-refractivity contribution in [2.75, 3.05) is 45.2 Å². The van der Waals surface area contributed by atoms with E-state index in [1.54, 1.807) is 12.0 Å². The summed E-state index contributed by atoms with van der Waals surface area (Å²) in [6, 6.07) is 12.5. The van der Waals surface area contributed by atoms with Gasteiger partial charge in [-0.1, -0.05) is 24.3 Å². The van der Waals surface area contributed by atoms with E-state index in [1.165, 1.54) is 18.2 Å². The van der Waals surface area contributed by atoms with E-state index >= 15 is 0 Å². The summed E-state index contributed by atoms with van der Waals surface area (Å²) in [7, 11) is 1.60. The summed E-state index contributed by atoms with van der Waals surface area (Å²) in [4.78, 5) is 28.7. The third kappa shape index (κ3) is 7.21. The molecule has 33 heavy (non-hydrogen) atoms. The molecule has 1 heterocycles. The smallest absolute Gasteiger partial charge is 0.418 e. The number of hydrogen-bond donors (Lipinski definition) is 1. The maximum atomic E-state index is 13.1. The molecular formula is C24H28F3N3O3. The summed E-state index contributed by atoms with van der Waals surface area (Å²) < 4.78 is 44.5. The Hall–Kier alpha value is -3.07. The second-order valence-electron chi connectivity index (χ2n) is 7.95. The Labute approximate surface area is 191 Å². The quantitative estimate of drug-likeness (QED) is 0.678. The second-order valence-corrected chi connectivity index (χ2v) is 7.95. The summed E-state index contributed by atoms with van der Waals surface area (Å²) in [6.07, 6.45) is -2.83. The molecule has 1 fully saturated rings. The zero-order chi connectivity index (χ0) is 23.8. The summed E-state index contributed by atoms with van der Waals surface area (Å²) in [6.45, 7) is 2.13. The van der Waals surface area contributed by atoms with Crippen LogP contribution in [0.1, 0.15) is 24.0 Å². The van der Waals surface area contributed by atoms with Crippen LogP contribution in [0.4, 0.5) is 18.9 Å². The number of hydrogen-bond acceptors (Lipinski definition) is 4. The minimum absolute atomic E-state index is 0.0277. The van der Waals surface area contributed by atoms with Gasteiger partial charge in [0.2, 0.25) is 11.8 Å². The number of carbonyl (C=O) groups is 2. The van der Waals surface area contributed by atoms with Gasteiger partial charge in [0.1, 0.15) is 5.75 Å². The van der Waals surface area contributed by atoms with Crippen molar-refractivity contribution < 1.29 is 27.5 Å². The van der Waals surface area contributed by atoms with Gasteiger partial charge in [0, 0.05) is 32.6 Å². The van der Waals surface area contributed by atoms with Crippen LogP contribution in [0.5, 0.6) is 5.75 Å². The molecule has 0 unspecified atom stereocenters. The number of aryl methyl sites for hydroxylation is 1. The third-order valence-corrected chi connectivity index (χ3v) is 5.60. The largest absolute Gasteiger partial charge is 0.497 e. The Kier molecular flexibility index (Phi) is 8.32. The number of rotatable bonds is 7. The molecule has 1 aliphatic heterocycles. The predicted octanol–water partition coefficient (Wildman–Crippen LogP) is 3.82. The monoisotopic (exact) mass is 463 g/mol. The normalized spacial score (nSPS) is 15.1. The average Bonchev–Trinajstić information content (AvgIpc) is 3.03. The summed E-state index contributed by atoms with van der Waals surface area (Å²) in [5.74, 6) is 0.311. The number of methoxy groups -OCH3 is 1. The van der Waals surface area contributed by atoms with Crippen molar-refractivity contribution in [2.45, 2.75) is 25.4 Å². The van der Waals surface area contributed by atoms with Crippen LogP contribution >= 0.6 is 0 Å². The van der Waals surface area contributed by atoms with Crippen molar-refractivity contribution in [3.05, 3.63) is 59.7 Å². The van der Waals surface area contributed by atoms with Crippen LogP contribution in [0.3, 0.4) is 0 Å². The standard InChI is InChI=1S/C24H28F3N3O3/c1-33-19-10-7-18(8-11-19)9-12-23(32)30-14-4-13-29(15-16-30)17-22(31)28-21-6-3-2-5-20(21)24(25,26)27/h2-3,5-8,10-11H,4,9,12-17H2,1H3,(H,28,31). The molecule has 2 aromatic carbocycles. The highest BCUT2D eigenvalue weighted by molar-refractivity contribution is 5.93. The van der Waals surface area contributed by atoms with Gasteiger partial charge >= 0.3 is 6.18 Å². The van der Waals surface area contributed by atoms with Gasteiger partial charge in [0.25, 0.3) is 0 Å². The molecule has 0 aliphatic carbocycles. The van der Waals surface area contributed by atoms with Crippen LogP contribution in [0.2, 0.25) is 0 Å². The molecule has 6 nitrogen and oxygen atoms in total. The number of anilines is 1. The zero-order valence-corrected chi connectivity index (χ0v) is 18.5. The number of nitrogens with zero attached hydrogens (tertiary/aromatic N) is 2. The van der Waals surface area contributed by atoms with E-state index < -0.39 is 17.6 Å². The van der Waals surface area contributed by atoms with Gasteiger partial charge in [-0.05, 0) is 42.7 Å². The molecule has 0 radical (unpaired) electrons. The fraction of sp³-hybridized carbons (Fsp3) is 0.417. The molecule has 0 spiro atoms. The molecule has 178 valence electrons. The van der Waals surface area contributed by atoms with E-state index in [0.717, 1.165) is 17.4 Å². The highest BCUT2D eigenvalue weighted by atomic mass is 19.4. The molecule has 0 saturated carbocycles. The van der Waals surface area contributed by atoms with Crippen molar-refractivity contribution in [3.63, 3.8) is 0 Å². The summed E-state index contributed by atoms with van der Waals surface area (Å²) >= 11 is 0. The Morgan fingerprint density at radius 1 is 1.00 bits per heavy atom. The Morgan fingerprint density at radius 3 is 2.42 bits per heavy atom. The Morgan fingerprint density at radius 2 is 1.73 bits per heavy atom. The van der Waals surface area contributed by atoms with Crippen LogP contribution in [0, 0.1) is 0 Å². The van der Waals surface area contributed by atoms with E-state index in [-0.39, 0.29) is 18.1 Å². The number of benzene rings is 2. The van der Waals surface area contributed by atoms with Crippen LogP contribution in [-0.2, 0) is 22.2 Å². The fourth-order valence-electron chi connectivity index (χ4n) is 3.81. The van der Waals surface area contributed by atoms with Crippen molar-refractivity contribution in [2.24, 2.45) is 0 Å². The Balaban J connectivity index is 1.47. The first-order valence-electron chi connectivity index (χ1n) is 10.9. The molecular weight excluding hydrogens is 435 g/mol. The third-order valence-electron chi connectivity index (χ3n) is 5.60. The fourth-order valence-corrected chi connectivity index (χ4v) is 3.81. The van der Waals surface area contributed by atoms with Gasteiger partial charge in [-0.2, -0.15) is 13.2 Å². The lowest BCUT2D eigenvalue weighted by molar-refractivity contribution is -0.137. The SMILES string of the molecule is COc1ccc(CCC(=O)N2CCCN(CC(=O)Nc3ccccc3C(F)(F)F)CC2)cc1. The number of amides is 2. The molecule has 1 aliphatic rings. The number of nitrogens with one attached hydrogen (secondary N) is 1. The first-order chi connectivity index (χ1) is 15.8. The number of ether oxygens (including phenoxy) is 1. The van der Waals surface area contributed by atoms with Gasteiger partial charge in [-0.3, -0.25) is 14.5 Å². The van der Waals surface area contributed by atoms with E-state index in [9.17, 15) is 22.8 Å². The van der Waals surface area contributed by atoms with Crippen LogP contribution in [0.15, 0.2) is 48.5 Å². The molecule has 0 aromatic heterocycles. The highest BCUT2D eigenvalue weighted by Crippen LogP contribution is 2.34. The lowest BCUT2D eigenvalue weighted by Gasteiger charge is -2.22. The van der Waals surface area contributed by atoms with Gasteiger partial charge in [-0.15, -0.1) is 0 Å². The van der Waals surface area contributed by atoms with Crippen molar-refractivity contribution in [1.82, 2.24) is 9.80 Å². The van der Waals surface area contributed by atoms with Gasteiger partial charge < -0.3 is 15.0 Å². The lowest BCUT2D eigenvalue weighted by Crippen LogP contribution is -2.38. The van der Waals surface area contributed by atoms with E-state index in [2.05, 4.69) is 5.32 Å². The molecule has 2 aromatic rings. The average molecular weight is 464 g/mol. The maximum absolute atomic E-state index is 13.1. The van der Waals surface area contributed by atoms with E-state index in [0.29, 0.717) is 45.4 Å². The molecule has 2 amide bonds. The molecule has 0 bridgehead atoms. The van der Waals surface area contributed by atoms with Crippen LogP contribution in [-0.4, -0.2) is 61.4 Å². The molecule has 0 atom stereocenters. The van der Waals surface area contributed by atoms with Crippen LogP contribution in [0.25, 0.3) is 0 Å². The zero-order valence-electron chi connectivity index (χ0n) is 18.5. The topological polar surface area (TPSA) is 61.9 Å². The lowest BCUT2D eigenvalue weighted by atomic mass is 10.1. The van der Waals surface area contributed by atoms with Gasteiger partial charge in [0.05, 0.1) is 24.9 Å². The van der Waals surface area contributed by atoms with Crippen molar-refractivity contribution >= 4 is 17.5 Å². The van der Waals surface area contributed by atoms with Crippen molar-refractivity contribution in [1.29, 1.82) is 0 Å². The van der Waals surface area contributed by atoms with E-state index in [1.807, 2.05) is 29.2 Å². The van der Waals surface area contributed by atoms with Crippen LogP contribution < -0.4 is 10.1 Å². The molecule has 9 heteroatoms. The Bertz CT molecular complexity index is 948. The van der Waals surface area contributed by atoms with Gasteiger partial charge in [0.15, 0.2) is 0 Å². The van der Waals surface area contributed by atoms with Crippen molar-refractivity contribution in [3.8, 4) is 5.75 Å². The first-order valence-corrected chi connectivity index (χ1v) is 10.9. The predicted molar refractivity (Wildman–Crippen MR) is 119 cm³/mol. The number of carbonyl (C=O) groups excluding carboxylic acids is 2. The summed E-state index contributed by atoms with van der Waals surface area (Å²) in [5, 5.41) is 2.38. The minimum atomic E-state index is -4.54. The molecule has 3 rings (SSSR count). The highest BCUT2D eigenvalue weighted by Gasteiger charge is 2.33. The minimum Gasteiger partial charge on any atom is -0.497 e. The molecule has 1 N–H and O–H groups in total. The first kappa shape index (κ1) is 24.6. The number of alkyl halides is 3. The number of halogens is 3. The maximum Gasteiger partial charge on any atom is 0.418 e. The van der Waals surface area contributed by atoms with E-state index in [4.69, 9.17) is 4.74 Å². The van der Waals surface area contributed by atoms with Gasteiger partial charge in [-0.25, -0.2) is 0 Å². The second kappa shape index (κ2) is 11.2. The number of para-hydroxylation sites is 1. The summed E-state index contributed by atoms with van der Waals surface area (Å²) in [5.41, 5.74) is -0.0700. The molecule has 1 saturated heterocycles.